The molecule has 0 nitrogen and oxygen atoms in total. The van der Waals surface area contributed by atoms with E-state index >= 15 is 0 Å². The van der Waals surface area contributed by atoms with Gasteiger partial charge in [-0.2, -0.15) is 0 Å². The molecular formula is C25H36S. The van der Waals surface area contributed by atoms with E-state index < -0.39 is 0 Å². The summed E-state index contributed by atoms with van der Waals surface area (Å²) in [6.45, 7) is 12.6. The average Bonchev–Trinajstić information content (AvgIpc) is 2.50. The lowest BCUT2D eigenvalue weighted by Crippen LogP contribution is -2.51. The van der Waals surface area contributed by atoms with Gasteiger partial charge in [-0.3, -0.25) is 0 Å². The second-order valence-corrected chi connectivity index (χ2v) is 12.7. The molecule has 4 rings (SSSR count). The number of hydrogen-bond acceptors (Lipinski definition) is 1. The number of thioether (sulfide) groups is 1. The average molecular weight is 369 g/mol. The molecule has 2 unspecified atom stereocenters. The molecule has 1 fully saturated rings. The van der Waals surface area contributed by atoms with E-state index in [0.717, 1.165) is 5.75 Å². The van der Waals surface area contributed by atoms with Crippen LogP contribution in [-0.2, 0) is 5.75 Å². The molecule has 3 aliphatic rings. The van der Waals surface area contributed by atoms with Crippen molar-refractivity contribution in [3.63, 3.8) is 0 Å². The molecule has 142 valence electrons. The van der Waals surface area contributed by atoms with E-state index in [-0.39, 0.29) is 0 Å². The zero-order valence-corrected chi connectivity index (χ0v) is 18.3. The van der Waals surface area contributed by atoms with Crippen molar-refractivity contribution in [3.05, 3.63) is 47.0 Å². The molecule has 0 spiro atoms. The summed E-state index contributed by atoms with van der Waals surface area (Å²) in [6, 6.07) is 11.1. The minimum Gasteiger partial charge on any atom is -0.146 e. The molecule has 0 heterocycles. The summed E-state index contributed by atoms with van der Waals surface area (Å²) in [4.78, 5) is 0. The van der Waals surface area contributed by atoms with Crippen molar-refractivity contribution in [3.8, 4) is 0 Å². The Morgan fingerprint density at radius 1 is 0.846 bits per heavy atom. The molecule has 0 aliphatic heterocycles. The van der Waals surface area contributed by atoms with Gasteiger partial charge in [-0.15, -0.1) is 11.8 Å². The third kappa shape index (κ3) is 3.53. The Hall–Kier alpha value is -0.690. The van der Waals surface area contributed by atoms with Gasteiger partial charge >= 0.3 is 0 Å². The highest BCUT2D eigenvalue weighted by molar-refractivity contribution is 8.00. The maximum absolute atomic E-state index is 2.59. The van der Waals surface area contributed by atoms with Gasteiger partial charge in [-0.25, -0.2) is 0 Å². The van der Waals surface area contributed by atoms with Crippen LogP contribution < -0.4 is 0 Å². The maximum atomic E-state index is 2.59. The molecule has 3 aliphatic carbocycles. The lowest BCUT2D eigenvalue weighted by atomic mass is 9.51. The summed E-state index contributed by atoms with van der Waals surface area (Å²) >= 11 is 2.28. The Morgan fingerprint density at radius 2 is 1.58 bits per heavy atom. The fraction of sp³-hybridized carbons (Fsp3) is 0.680. The van der Waals surface area contributed by atoms with E-state index in [1.807, 2.05) is 11.1 Å². The lowest BCUT2D eigenvalue weighted by Gasteiger charge is -2.59. The van der Waals surface area contributed by atoms with Crippen LogP contribution in [0.5, 0.6) is 0 Å². The molecule has 0 radical (unpaired) electrons. The molecule has 0 aromatic heterocycles. The van der Waals surface area contributed by atoms with Crippen LogP contribution in [0.3, 0.4) is 0 Å². The van der Waals surface area contributed by atoms with Crippen molar-refractivity contribution in [1.29, 1.82) is 0 Å². The summed E-state index contributed by atoms with van der Waals surface area (Å²) < 4.78 is 0.385. The molecule has 1 saturated carbocycles. The molecule has 26 heavy (non-hydrogen) atoms. The minimum atomic E-state index is 0.385. The van der Waals surface area contributed by atoms with Gasteiger partial charge < -0.3 is 0 Å². The Balaban J connectivity index is 1.72. The first-order valence-electron chi connectivity index (χ1n) is 10.5. The normalized spacial score (nSPS) is 35.1. The van der Waals surface area contributed by atoms with E-state index in [4.69, 9.17) is 0 Å². The Kier molecular flexibility index (Phi) is 4.42. The van der Waals surface area contributed by atoms with Crippen LogP contribution in [0.2, 0.25) is 0 Å². The zero-order chi connectivity index (χ0) is 18.6. The molecule has 1 heteroatoms. The van der Waals surface area contributed by atoms with Crippen LogP contribution in [0, 0.1) is 16.2 Å². The summed E-state index contributed by atoms with van der Waals surface area (Å²) in [5, 5.41) is 0. The molecule has 1 aromatic rings. The van der Waals surface area contributed by atoms with Crippen molar-refractivity contribution in [2.24, 2.45) is 16.2 Å². The van der Waals surface area contributed by atoms with Crippen LogP contribution in [0.15, 0.2) is 41.5 Å². The topological polar surface area (TPSA) is 0 Å². The highest BCUT2D eigenvalue weighted by Crippen LogP contribution is 2.66. The third-order valence-electron chi connectivity index (χ3n) is 7.10. The standard InChI is InChI=1S/C25H36S/c1-22(2)12-11-21-20(13-22)14-24(5)16-23(3,4)17-25(21,18-24)26-15-19-9-7-6-8-10-19/h6-10H,11-18H2,1-5H3. The highest BCUT2D eigenvalue weighted by atomic mass is 32.2. The van der Waals surface area contributed by atoms with Crippen molar-refractivity contribution in [1.82, 2.24) is 0 Å². The summed E-state index contributed by atoms with van der Waals surface area (Å²) in [5.41, 5.74) is 6.68. The Bertz CT molecular complexity index is 711. The monoisotopic (exact) mass is 368 g/mol. The fourth-order valence-corrected chi connectivity index (χ4v) is 8.78. The molecule has 0 saturated heterocycles. The molecule has 0 N–H and O–H groups in total. The SMILES string of the molecule is CC1(C)CCC2=C(C1)CC1(C)CC(C)(C)CC2(SCc2ccccc2)C1. The van der Waals surface area contributed by atoms with Crippen LogP contribution in [0.1, 0.15) is 85.1 Å². The number of allylic oxidation sites excluding steroid dienone is 1. The largest absolute Gasteiger partial charge is 0.146 e. The fourth-order valence-electron chi connectivity index (χ4n) is 6.78. The molecular weight excluding hydrogens is 332 g/mol. The van der Waals surface area contributed by atoms with Gasteiger partial charge in [0.15, 0.2) is 0 Å². The molecule has 2 atom stereocenters. The predicted octanol–water partition coefficient (Wildman–Crippen LogP) is 7.79. The summed E-state index contributed by atoms with van der Waals surface area (Å²) in [6.07, 6.45) is 9.58. The summed E-state index contributed by atoms with van der Waals surface area (Å²) in [5.74, 6) is 1.16. The van der Waals surface area contributed by atoms with Gasteiger partial charge in [0.1, 0.15) is 0 Å². The molecule has 0 amide bonds. The molecule has 2 bridgehead atoms. The van der Waals surface area contributed by atoms with Gasteiger partial charge in [0, 0.05) is 10.5 Å². The number of benzene rings is 1. The predicted molar refractivity (Wildman–Crippen MR) is 115 cm³/mol. The zero-order valence-electron chi connectivity index (χ0n) is 17.5. The quantitative estimate of drug-likeness (QED) is 0.491. The van der Waals surface area contributed by atoms with Crippen LogP contribution >= 0.6 is 11.8 Å². The van der Waals surface area contributed by atoms with Gasteiger partial charge in [-0.05, 0) is 66.8 Å². The Labute approximate surface area is 165 Å². The first-order chi connectivity index (χ1) is 12.1. The van der Waals surface area contributed by atoms with E-state index in [2.05, 4.69) is 76.7 Å². The smallest absolute Gasteiger partial charge is 0.0384 e. The van der Waals surface area contributed by atoms with Gasteiger partial charge in [0.05, 0.1) is 0 Å². The second-order valence-electron chi connectivity index (χ2n) is 11.4. The highest BCUT2D eigenvalue weighted by Gasteiger charge is 2.55. The number of rotatable bonds is 3. The first kappa shape index (κ1) is 18.7. The van der Waals surface area contributed by atoms with E-state index in [0.29, 0.717) is 21.0 Å². The van der Waals surface area contributed by atoms with Crippen LogP contribution in [-0.4, -0.2) is 4.75 Å². The van der Waals surface area contributed by atoms with Crippen LogP contribution in [0.25, 0.3) is 0 Å². The van der Waals surface area contributed by atoms with Crippen molar-refractivity contribution in [2.45, 2.75) is 90.1 Å². The van der Waals surface area contributed by atoms with Crippen LogP contribution in [0.4, 0.5) is 0 Å². The van der Waals surface area contributed by atoms with E-state index in [1.54, 1.807) is 0 Å². The van der Waals surface area contributed by atoms with Crippen molar-refractivity contribution < 1.29 is 0 Å². The van der Waals surface area contributed by atoms with Gasteiger partial charge in [0.2, 0.25) is 0 Å². The lowest BCUT2D eigenvalue weighted by molar-refractivity contribution is 0.0606. The minimum absolute atomic E-state index is 0.385. The first-order valence-corrected chi connectivity index (χ1v) is 11.5. The molecule has 1 aromatic carbocycles. The number of fused-ring (bicyclic) bond motifs is 3. The third-order valence-corrected chi connectivity index (χ3v) is 8.67. The van der Waals surface area contributed by atoms with Crippen molar-refractivity contribution >= 4 is 11.8 Å². The second kappa shape index (κ2) is 6.16. The van der Waals surface area contributed by atoms with Gasteiger partial charge in [0.25, 0.3) is 0 Å². The van der Waals surface area contributed by atoms with E-state index in [9.17, 15) is 0 Å². The Morgan fingerprint density at radius 3 is 2.31 bits per heavy atom. The van der Waals surface area contributed by atoms with Gasteiger partial charge in [-0.1, -0.05) is 76.1 Å². The number of hydrogen-bond donors (Lipinski definition) is 0. The van der Waals surface area contributed by atoms with E-state index in [1.165, 1.54) is 50.5 Å². The maximum Gasteiger partial charge on any atom is 0.0384 e. The van der Waals surface area contributed by atoms with Crippen molar-refractivity contribution in [2.75, 3.05) is 0 Å². The summed E-state index contributed by atoms with van der Waals surface area (Å²) in [7, 11) is 0.